The molecule has 1 aliphatic rings. The van der Waals surface area contributed by atoms with Crippen molar-refractivity contribution in [2.75, 3.05) is 36.8 Å². The fourth-order valence-corrected chi connectivity index (χ4v) is 2.20. The molecular formula is C11H15ClN4O2. The molecule has 1 aromatic rings. The second-order valence-electron chi connectivity index (χ2n) is 4.18. The van der Waals surface area contributed by atoms with E-state index in [-0.39, 0.29) is 0 Å². The Labute approximate surface area is 110 Å². The number of hydrogen-bond donors (Lipinski definition) is 2. The standard InChI is InChI=1S/C11H15ClN4O2/c12-8-6-9(13)10(14-7-8)15-2-1-3-16(5-4-15)11(17)18/h6-7H,1-5,13H2,(H,17,18). The molecule has 0 radical (unpaired) electrons. The molecule has 1 fully saturated rings. The van der Waals surface area contributed by atoms with Gasteiger partial charge in [-0.15, -0.1) is 0 Å². The molecule has 1 amide bonds. The summed E-state index contributed by atoms with van der Waals surface area (Å²) in [6, 6.07) is 1.66. The molecule has 0 atom stereocenters. The number of halogens is 1. The minimum absolute atomic E-state index is 0.457. The highest BCUT2D eigenvalue weighted by Crippen LogP contribution is 2.24. The molecule has 18 heavy (non-hydrogen) atoms. The second kappa shape index (κ2) is 5.30. The molecule has 1 aromatic heterocycles. The summed E-state index contributed by atoms with van der Waals surface area (Å²) in [4.78, 5) is 18.5. The van der Waals surface area contributed by atoms with Gasteiger partial charge < -0.3 is 20.6 Å². The molecule has 98 valence electrons. The van der Waals surface area contributed by atoms with Crippen LogP contribution in [0.25, 0.3) is 0 Å². The van der Waals surface area contributed by atoms with Crippen LogP contribution in [-0.4, -0.2) is 47.3 Å². The van der Waals surface area contributed by atoms with E-state index in [0.717, 1.165) is 13.0 Å². The largest absolute Gasteiger partial charge is 0.465 e. The van der Waals surface area contributed by atoms with Crippen LogP contribution in [0, 0.1) is 0 Å². The van der Waals surface area contributed by atoms with E-state index in [2.05, 4.69) is 4.98 Å². The van der Waals surface area contributed by atoms with Crippen molar-refractivity contribution in [2.45, 2.75) is 6.42 Å². The van der Waals surface area contributed by atoms with Crippen molar-refractivity contribution in [3.63, 3.8) is 0 Å². The van der Waals surface area contributed by atoms with Gasteiger partial charge in [0.1, 0.15) is 0 Å². The number of anilines is 2. The molecular weight excluding hydrogens is 256 g/mol. The molecule has 2 heterocycles. The Bertz CT molecular complexity index is 455. The van der Waals surface area contributed by atoms with Crippen molar-refractivity contribution in [3.8, 4) is 0 Å². The first-order chi connectivity index (χ1) is 8.58. The highest BCUT2D eigenvalue weighted by Gasteiger charge is 2.20. The summed E-state index contributed by atoms with van der Waals surface area (Å²) < 4.78 is 0. The predicted molar refractivity (Wildman–Crippen MR) is 70.1 cm³/mol. The smallest absolute Gasteiger partial charge is 0.407 e. The molecule has 2 rings (SSSR count). The van der Waals surface area contributed by atoms with E-state index in [1.54, 1.807) is 12.3 Å². The van der Waals surface area contributed by atoms with E-state index >= 15 is 0 Å². The Morgan fingerprint density at radius 2 is 2.17 bits per heavy atom. The molecule has 0 saturated carbocycles. The van der Waals surface area contributed by atoms with Crippen LogP contribution in [0.2, 0.25) is 5.02 Å². The van der Waals surface area contributed by atoms with Crippen molar-refractivity contribution >= 4 is 29.2 Å². The average molecular weight is 271 g/mol. The highest BCUT2D eigenvalue weighted by molar-refractivity contribution is 6.30. The number of hydrogen-bond acceptors (Lipinski definition) is 4. The lowest BCUT2D eigenvalue weighted by Gasteiger charge is -2.23. The molecule has 0 spiro atoms. The second-order valence-corrected chi connectivity index (χ2v) is 4.61. The van der Waals surface area contributed by atoms with Gasteiger partial charge in [0.15, 0.2) is 5.82 Å². The molecule has 6 nitrogen and oxygen atoms in total. The molecule has 0 bridgehead atoms. The normalized spacial score (nSPS) is 16.5. The lowest BCUT2D eigenvalue weighted by molar-refractivity contribution is 0.148. The molecule has 0 aliphatic carbocycles. The fraction of sp³-hybridized carbons (Fsp3) is 0.455. The minimum Gasteiger partial charge on any atom is -0.465 e. The van der Waals surface area contributed by atoms with Crippen molar-refractivity contribution in [2.24, 2.45) is 0 Å². The van der Waals surface area contributed by atoms with E-state index in [0.29, 0.717) is 36.2 Å². The minimum atomic E-state index is -0.881. The molecule has 3 N–H and O–H groups in total. The molecule has 0 aromatic carbocycles. The quantitative estimate of drug-likeness (QED) is 0.808. The van der Waals surface area contributed by atoms with Crippen LogP contribution in [0.5, 0.6) is 0 Å². The summed E-state index contributed by atoms with van der Waals surface area (Å²) in [5.41, 5.74) is 6.40. The number of nitrogens with zero attached hydrogens (tertiary/aromatic N) is 3. The molecule has 7 heteroatoms. The summed E-state index contributed by atoms with van der Waals surface area (Å²) >= 11 is 5.81. The van der Waals surface area contributed by atoms with Gasteiger partial charge in [0.2, 0.25) is 0 Å². The summed E-state index contributed by atoms with van der Waals surface area (Å²) in [6.45, 7) is 2.33. The number of nitrogen functional groups attached to an aromatic ring is 1. The number of amides is 1. The Morgan fingerprint density at radius 1 is 1.39 bits per heavy atom. The van der Waals surface area contributed by atoms with E-state index in [4.69, 9.17) is 22.4 Å². The summed E-state index contributed by atoms with van der Waals surface area (Å²) in [5.74, 6) is 0.673. The number of carbonyl (C=O) groups is 1. The van der Waals surface area contributed by atoms with Gasteiger partial charge in [-0.1, -0.05) is 11.6 Å². The van der Waals surface area contributed by atoms with Gasteiger partial charge in [-0.25, -0.2) is 9.78 Å². The van der Waals surface area contributed by atoms with Crippen LogP contribution < -0.4 is 10.6 Å². The number of nitrogens with two attached hydrogens (primary N) is 1. The Hall–Kier alpha value is -1.69. The van der Waals surface area contributed by atoms with Crippen molar-refractivity contribution in [1.29, 1.82) is 0 Å². The Balaban J connectivity index is 2.12. The summed E-state index contributed by atoms with van der Waals surface area (Å²) in [5, 5.41) is 9.46. The van der Waals surface area contributed by atoms with Gasteiger partial charge in [-0.2, -0.15) is 0 Å². The number of aromatic nitrogens is 1. The third kappa shape index (κ3) is 2.76. The van der Waals surface area contributed by atoms with Gasteiger partial charge in [0.05, 0.1) is 10.7 Å². The van der Waals surface area contributed by atoms with Crippen LogP contribution in [0.4, 0.5) is 16.3 Å². The van der Waals surface area contributed by atoms with Gasteiger partial charge in [-0.3, -0.25) is 0 Å². The van der Waals surface area contributed by atoms with E-state index in [9.17, 15) is 4.79 Å². The van der Waals surface area contributed by atoms with Gasteiger partial charge >= 0.3 is 6.09 Å². The predicted octanol–water partition coefficient (Wildman–Crippen LogP) is 1.51. The van der Waals surface area contributed by atoms with E-state index in [1.165, 1.54) is 4.90 Å². The number of rotatable bonds is 1. The molecule has 1 aliphatic heterocycles. The summed E-state index contributed by atoms with van der Waals surface area (Å²) in [6.07, 6.45) is 1.43. The summed E-state index contributed by atoms with van der Waals surface area (Å²) in [7, 11) is 0. The average Bonchev–Trinajstić information content (AvgIpc) is 2.54. The third-order valence-electron chi connectivity index (χ3n) is 2.93. The molecule has 0 unspecified atom stereocenters. The van der Waals surface area contributed by atoms with E-state index in [1.807, 2.05) is 4.90 Å². The number of carboxylic acid groups (broad SMARTS) is 1. The first-order valence-electron chi connectivity index (χ1n) is 5.72. The maximum Gasteiger partial charge on any atom is 0.407 e. The first kappa shape index (κ1) is 12.8. The van der Waals surface area contributed by atoms with E-state index < -0.39 is 6.09 Å². The molecule has 1 saturated heterocycles. The zero-order valence-corrected chi connectivity index (χ0v) is 10.6. The van der Waals surface area contributed by atoms with Gasteiger partial charge in [0.25, 0.3) is 0 Å². The Morgan fingerprint density at radius 3 is 2.83 bits per heavy atom. The van der Waals surface area contributed by atoms with Crippen LogP contribution >= 0.6 is 11.6 Å². The lowest BCUT2D eigenvalue weighted by atomic mass is 10.3. The zero-order chi connectivity index (χ0) is 13.1. The fourth-order valence-electron chi connectivity index (χ4n) is 2.03. The number of pyridine rings is 1. The van der Waals surface area contributed by atoms with Crippen molar-refractivity contribution in [3.05, 3.63) is 17.3 Å². The van der Waals surface area contributed by atoms with Gasteiger partial charge in [-0.05, 0) is 12.5 Å². The van der Waals surface area contributed by atoms with Crippen molar-refractivity contribution < 1.29 is 9.90 Å². The van der Waals surface area contributed by atoms with Gasteiger partial charge in [0, 0.05) is 32.4 Å². The van der Waals surface area contributed by atoms with Crippen LogP contribution in [0.3, 0.4) is 0 Å². The maximum absolute atomic E-state index is 10.9. The SMILES string of the molecule is Nc1cc(Cl)cnc1N1CCCN(C(=O)O)CC1. The lowest BCUT2D eigenvalue weighted by Crippen LogP contribution is -2.34. The monoisotopic (exact) mass is 270 g/mol. The van der Waals surface area contributed by atoms with Crippen molar-refractivity contribution in [1.82, 2.24) is 9.88 Å². The highest BCUT2D eigenvalue weighted by atomic mass is 35.5. The zero-order valence-electron chi connectivity index (χ0n) is 9.84. The maximum atomic E-state index is 10.9. The van der Waals surface area contributed by atoms with Crippen LogP contribution in [0.15, 0.2) is 12.3 Å². The van der Waals surface area contributed by atoms with Crippen LogP contribution in [0.1, 0.15) is 6.42 Å². The Kier molecular flexibility index (Phi) is 3.76. The topological polar surface area (TPSA) is 82.7 Å². The third-order valence-corrected chi connectivity index (χ3v) is 3.13. The first-order valence-corrected chi connectivity index (χ1v) is 6.09. The van der Waals surface area contributed by atoms with Crippen LogP contribution in [-0.2, 0) is 0 Å².